The fourth-order valence-corrected chi connectivity index (χ4v) is 3.02. The van der Waals surface area contributed by atoms with Gasteiger partial charge in [0.05, 0.1) is 6.42 Å². The van der Waals surface area contributed by atoms with Gasteiger partial charge in [0.25, 0.3) is 0 Å². The minimum atomic E-state index is 0.0878. The zero-order chi connectivity index (χ0) is 17.1. The lowest BCUT2D eigenvalue weighted by Gasteiger charge is -2.35. The maximum Gasteiger partial charge on any atom is 0.231 e. The number of benzene rings is 1. The standard InChI is InChI=1S/C18H24N2O4/c1-13(2)9-17(21)19-5-7-20(8-6-19)18(22)11-14-3-4-15-16(10-14)24-12-23-15/h3-4,10,13H,5-9,11-12H2,1-2H3. The normalized spacial score (nSPS) is 16.6. The van der Waals surface area contributed by atoms with Crippen LogP contribution < -0.4 is 9.47 Å². The van der Waals surface area contributed by atoms with Gasteiger partial charge < -0.3 is 19.3 Å². The molecule has 2 amide bonds. The summed E-state index contributed by atoms with van der Waals surface area (Å²) in [6.07, 6.45) is 0.918. The highest BCUT2D eigenvalue weighted by Crippen LogP contribution is 2.32. The number of rotatable bonds is 4. The quantitative estimate of drug-likeness (QED) is 0.842. The maximum absolute atomic E-state index is 12.5. The van der Waals surface area contributed by atoms with Crippen LogP contribution in [0.15, 0.2) is 18.2 Å². The van der Waals surface area contributed by atoms with Gasteiger partial charge in [-0.15, -0.1) is 0 Å². The molecule has 2 aliphatic rings. The second-order valence-corrected chi connectivity index (χ2v) is 6.72. The summed E-state index contributed by atoms with van der Waals surface area (Å²) in [4.78, 5) is 28.3. The Labute approximate surface area is 142 Å². The number of hydrogen-bond acceptors (Lipinski definition) is 4. The molecule has 0 aliphatic carbocycles. The molecule has 0 aromatic heterocycles. The summed E-state index contributed by atoms with van der Waals surface area (Å²) in [7, 11) is 0. The van der Waals surface area contributed by atoms with E-state index in [9.17, 15) is 9.59 Å². The van der Waals surface area contributed by atoms with Crippen LogP contribution in [0.5, 0.6) is 11.5 Å². The topological polar surface area (TPSA) is 59.1 Å². The van der Waals surface area contributed by atoms with Crippen molar-refractivity contribution in [1.29, 1.82) is 0 Å². The number of carbonyl (C=O) groups is 2. The number of fused-ring (bicyclic) bond motifs is 1. The third kappa shape index (κ3) is 3.80. The van der Waals surface area contributed by atoms with Crippen molar-refractivity contribution in [3.05, 3.63) is 23.8 Å². The first-order valence-corrected chi connectivity index (χ1v) is 8.47. The lowest BCUT2D eigenvalue weighted by Crippen LogP contribution is -2.51. The monoisotopic (exact) mass is 332 g/mol. The summed E-state index contributed by atoms with van der Waals surface area (Å²) in [5.41, 5.74) is 0.919. The van der Waals surface area contributed by atoms with E-state index in [1.54, 1.807) is 0 Å². The van der Waals surface area contributed by atoms with Gasteiger partial charge in [-0.05, 0) is 23.6 Å². The lowest BCUT2D eigenvalue weighted by molar-refractivity contribution is -0.139. The molecule has 0 saturated carbocycles. The van der Waals surface area contributed by atoms with Crippen molar-refractivity contribution in [2.45, 2.75) is 26.7 Å². The third-order valence-electron chi connectivity index (χ3n) is 4.36. The second-order valence-electron chi connectivity index (χ2n) is 6.72. The summed E-state index contributed by atoms with van der Waals surface area (Å²) in [6.45, 7) is 6.78. The van der Waals surface area contributed by atoms with Crippen LogP contribution in [-0.4, -0.2) is 54.6 Å². The molecular weight excluding hydrogens is 308 g/mol. The Morgan fingerprint density at radius 1 is 1.00 bits per heavy atom. The van der Waals surface area contributed by atoms with Crippen LogP contribution in [0.25, 0.3) is 0 Å². The van der Waals surface area contributed by atoms with Gasteiger partial charge in [-0.3, -0.25) is 9.59 Å². The van der Waals surface area contributed by atoms with Crippen LogP contribution in [0, 0.1) is 5.92 Å². The third-order valence-corrected chi connectivity index (χ3v) is 4.36. The molecule has 1 saturated heterocycles. The highest BCUT2D eigenvalue weighted by Gasteiger charge is 2.24. The van der Waals surface area contributed by atoms with Crippen LogP contribution in [0.1, 0.15) is 25.8 Å². The average Bonchev–Trinajstić information content (AvgIpc) is 3.02. The van der Waals surface area contributed by atoms with E-state index in [1.807, 2.05) is 41.8 Å². The van der Waals surface area contributed by atoms with E-state index >= 15 is 0 Å². The molecule has 2 aliphatic heterocycles. The Balaban J connectivity index is 1.51. The number of nitrogens with zero attached hydrogens (tertiary/aromatic N) is 2. The highest BCUT2D eigenvalue weighted by molar-refractivity contribution is 5.80. The molecule has 1 aromatic carbocycles. The molecule has 3 rings (SSSR count). The number of hydrogen-bond donors (Lipinski definition) is 0. The van der Waals surface area contributed by atoms with E-state index in [1.165, 1.54) is 0 Å². The average molecular weight is 332 g/mol. The first-order chi connectivity index (χ1) is 11.5. The van der Waals surface area contributed by atoms with Crippen molar-refractivity contribution in [3.63, 3.8) is 0 Å². The van der Waals surface area contributed by atoms with Crippen molar-refractivity contribution in [2.75, 3.05) is 33.0 Å². The van der Waals surface area contributed by atoms with Gasteiger partial charge in [-0.2, -0.15) is 0 Å². The molecule has 0 N–H and O–H groups in total. The molecule has 0 bridgehead atoms. The zero-order valence-electron chi connectivity index (χ0n) is 14.3. The SMILES string of the molecule is CC(C)CC(=O)N1CCN(C(=O)Cc2ccc3c(c2)OCO3)CC1. The fourth-order valence-electron chi connectivity index (χ4n) is 3.02. The molecule has 0 unspecified atom stereocenters. The van der Waals surface area contributed by atoms with Gasteiger partial charge in [0, 0.05) is 32.6 Å². The van der Waals surface area contributed by atoms with Crippen LogP contribution >= 0.6 is 0 Å². The van der Waals surface area contributed by atoms with E-state index in [4.69, 9.17) is 9.47 Å². The first kappa shape index (κ1) is 16.6. The van der Waals surface area contributed by atoms with Crippen molar-refractivity contribution >= 4 is 11.8 Å². The minimum Gasteiger partial charge on any atom is -0.454 e. The van der Waals surface area contributed by atoms with Gasteiger partial charge in [0.2, 0.25) is 18.6 Å². The van der Waals surface area contributed by atoms with Crippen LogP contribution in [0.4, 0.5) is 0 Å². The molecular formula is C18H24N2O4. The molecule has 130 valence electrons. The molecule has 2 heterocycles. The predicted octanol–water partition coefficient (Wildman–Crippen LogP) is 1.67. The summed E-state index contributed by atoms with van der Waals surface area (Å²) < 4.78 is 10.6. The number of carbonyl (C=O) groups excluding carboxylic acids is 2. The lowest BCUT2D eigenvalue weighted by atomic mass is 10.1. The smallest absolute Gasteiger partial charge is 0.231 e. The number of amides is 2. The van der Waals surface area contributed by atoms with Crippen LogP contribution in [-0.2, 0) is 16.0 Å². The van der Waals surface area contributed by atoms with E-state index in [0.29, 0.717) is 50.7 Å². The predicted molar refractivity (Wildman–Crippen MR) is 88.9 cm³/mol. The summed E-state index contributed by atoms with van der Waals surface area (Å²) >= 11 is 0. The van der Waals surface area contributed by atoms with Crippen molar-refractivity contribution in [3.8, 4) is 11.5 Å². The molecule has 0 spiro atoms. The summed E-state index contributed by atoms with van der Waals surface area (Å²) in [5, 5.41) is 0. The Bertz CT molecular complexity index is 621. The van der Waals surface area contributed by atoms with Gasteiger partial charge in [-0.25, -0.2) is 0 Å². The van der Waals surface area contributed by atoms with E-state index < -0.39 is 0 Å². The summed E-state index contributed by atoms with van der Waals surface area (Å²) in [5.74, 6) is 2.06. The molecule has 0 atom stereocenters. The Morgan fingerprint density at radius 3 is 2.29 bits per heavy atom. The fraction of sp³-hybridized carbons (Fsp3) is 0.556. The Hall–Kier alpha value is -2.24. The van der Waals surface area contributed by atoms with E-state index in [2.05, 4.69) is 0 Å². The van der Waals surface area contributed by atoms with E-state index in [-0.39, 0.29) is 18.6 Å². The molecule has 24 heavy (non-hydrogen) atoms. The largest absolute Gasteiger partial charge is 0.454 e. The van der Waals surface area contributed by atoms with Gasteiger partial charge >= 0.3 is 0 Å². The molecule has 0 radical (unpaired) electrons. The van der Waals surface area contributed by atoms with Gasteiger partial charge in [-0.1, -0.05) is 19.9 Å². The van der Waals surface area contributed by atoms with E-state index in [0.717, 1.165) is 11.3 Å². The van der Waals surface area contributed by atoms with Crippen LogP contribution in [0.2, 0.25) is 0 Å². The second kappa shape index (κ2) is 7.11. The molecule has 6 nitrogen and oxygen atoms in total. The molecule has 1 aromatic rings. The molecule has 6 heteroatoms. The Morgan fingerprint density at radius 2 is 1.62 bits per heavy atom. The number of piperazine rings is 1. The van der Waals surface area contributed by atoms with Gasteiger partial charge in [0.15, 0.2) is 11.5 Å². The summed E-state index contributed by atoms with van der Waals surface area (Å²) in [6, 6.07) is 5.60. The van der Waals surface area contributed by atoms with Gasteiger partial charge in [0.1, 0.15) is 0 Å². The number of ether oxygens (including phenoxy) is 2. The highest BCUT2D eigenvalue weighted by atomic mass is 16.7. The van der Waals surface area contributed by atoms with Crippen molar-refractivity contribution in [2.24, 2.45) is 5.92 Å². The minimum absolute atomic E-state index is 0.0878. The molecule has 1 fully saturated rings. The first-order valence-electron chi connectivity index (χ1n) is 8.47. The Kier molecular flexibility index (Phi) is 4.92. The van der Waals surface area contributed by atoms with Crippen molar-refractivity contribution in [1.82, 2.24) is 9.80 Å². The van der Waals surface area contributed by atoms with Crippen molar-refractivity contribution < 1.29 is 19.1 Å². The zero-order valence-corrected chi connectivity index (χ0v) is 14.3. The maximum atomic E-state index is 12.5. The van der Waals surface area contributed by atoms with Crippen LogP contribution in [0.3, 0.4) is 0 Å².